The largest absolute Gasteiger partial charge is 0.494 e. The van der Waals surface area contributed by atoms with Crippen LogP contribution < -0.4 is 15.8 Å². The van der Waals surface area contributed by atoms with Gasteiger partial charge in [-0.15, -0.1) is 0 Å². The fourth-order valence-corrected chi connectivity index (χ4v) is 3.06. The summed E-state index contributed by atoms with van der Waals surface area (Å²) in [5, 5.41) is 3.36. The van der Waals surface area contributed by atoms with Crippen LogP contribution in [0, 0.1) is 0 Å². The van der Waals surface area contributed by atoms with Crippen molar-refractivity contribution >= 4 is 44.8 Å². The minimum Gasteiger partial charge on any atom is -0.494 e. The van der Waals surface area contributed by atoms with Crippen molar-refractivity contribution in [3.8, 4) is 17.1 Å². The molecule has 0 aliphatic heterocycles. The summed E-state index contributed by atoms with van der Waals surface area (Å²) in [4.78, 5) is 12.5. The molecule has 0 fully saturated rings. The zero-order valence-electron chi connectivity index (χ0n) is 13.2. The summed E-state index contributed by atoms with van der Waals surface area (Å²) < 4.78 is 11.5. The van der Waals surface area contributed by atoms with Gasteiger partial charge in [-0.3, -0.25) is 4.79 Å². The molecule has 0 radical (unpaired) electrons. The van der Waals surface area contributed by atoms with Gasteiger partial charge in [-0.2, -0.15) is 0 Å². The second kappa shape index (κ2) is 7.21. The molecule has 128 valence electrons. The summed E-state index contributed by atoms with van der Waals surface area (Å²) in [6.07, 6.45) is 0. The quantitative estimate of drug-likeness (QED) is 0.567. The van der Waals surface area contributed by atoms with Gasteiger partial charge in [0.25, 0.3) is 5.91 Å². The smallest absolute Gasteiger partial charge is 0.291 e. The van der Waals surface area contributed by atoms with Crippen molar-refractivity contribution in [2.24, 2.45) is 0 Å². The lowest BCUT2D eigenvalue weighted by Gasteiger charge is -2.12. The molecule has 1 aromatic heterocycles. The van der Waals surface area contributed by atoms with Crippen LogP contribution in [0.5, 0.6) is 5.75 Å². The Bertz CT molecular complexity index is 940. The van der Waals surface area contributed by atoms with Gasteiger partial charge in [-0.25, -0.2) is 0 Å². The van der Waals surface area contributed by atoms with E-state index in [0.717, 1.165) is 5.56 Å². The average molecular weight is 422 g/mol. The number of halogens is 2. The van der Waals surface area contributed by atoms with Crippen LogP contribution in [-0.2, 0) is 0 Å². The average Bonchev–Trinajstić information content (AvgIpc) is 3.07. The number of methoxy groups -OCH3 is 1. The lowest BCUT2D eigenvalue weighted by atomic mass is 10.2. The summed E-state index contributed by atoms with van der Waals surface area (Å²) in [5.74, 6) is 0.760. The van der Waals surface area contributed by atoms with E-state index in [2.05, 4.69) is 21.2 Å². The van der Waals surface area contributed by atoms with E-state index in [4.69, 9.17) is 26.5 Å². The third-order valence-electron chi connectivity index (χ3n) is 3.47. The number of carbonyl (C=O) groups excluding carboxylic acids is 1. The van der Waals surface area contributed by atoms with E-state index in [1.54, 1.807) is 36.4 Å². The van der Waals surface area contributed by atoms with E-state index < -0.39 is 5.91 Å². The van der Waals surface area contributed by atoms with Crippen molar-refractivity contribution in [1.29, 1.82) is 0 Å². The van der Waals surface area contributed by atoms with Gasteiger partial charge >= 0.3 is 0 Å². The molecule has 0 aliphatic rings. The fourth-order valence-electron chi connectivity index (χ4n) is 2.32. The highest BCUT2D eigenvalue weighted by Crippen LogP contribution is 2.35. The normalized spacial score (nSPS) is 10.5. The first-order chi connectivity index (χ1) is 12.0. The first kappa shape index (κ1) is 17.4. The molecule has 0 aliphatic carbocycles. The second-order valence-electron chi connectivity index (χ2n) is 5.21. The summed E-state index contributed by atoms with van der Waals surface area (Å²) in [5.41, 5.74) is 7.55. The Balaban J connectivity index is 1.86. The molecule has 2 aromatic carbocycles. The zero-order valence-corrected chi connectivity index (χ0v) is 15.5. The zero-order chi connectivity index (χ0) is 18.0. The van der Waals surface area contributed by atoms with Crippen LogP contribution in [0.3, 0.4) is 0 Å². The number of amides is 1. The number of hydrogen-bond acceptors (Lipinski definition) is 4. The highest BCUT2D eigenvalue weighted by atomic mass is 79.9. The number of carbonyl (C=O) groups is 1. The number of nitrogen functional groups attached to an aromatic ring is 1. The Morgan fingerprint density at radius 3 is 2.76 bits per heavy atom. The van der Waals surface area contributed by atoms with E-state index in [0.29, 0.717) is 32.4 Å². The van der Waals surface area contributed by atoms with Crippen LogP contribution in [0.15, 0.2) is 57.4 Å². The first-order valence-electron chi connectivity index (χ1n) is 7.28. The van der Waals surface area contributed by atoms with Crippen molar-refractivity contribution in [2.75, 3.05) is 18.2 Å². The number of rotatable bonds is 4. The summed E-state index contributed by atoms with van der Waals surface area (Å²) in [6.45, 7) is 0. The van der Waals surface area contributed by atoms with Crippen molar-refractivity contribution in [3.05, 3.63) is 63.8 Å². The minimum absolute atomic E-state index is 0.167. The Kier molecular flexibility index (Phi) is 5.01. The topological polar surface area (TPSA) is 77.5 Å². The number of hydrogen-bond donors (Lipinski definition) is 2. The number of furan rings is 1. The second-order valence-corrected chi connectivity index (χ2v) is 6.50. The Morgan fingerprint density at radius 2 is 2.04 bits per heavy atom. The summed E-state index contributed by atoms with van der Waals surface area (Å²) in [6, 6.07) is 13.8. The molecule has 7 heteroatoms. The molecule has 3 rings (SSSR count). The molecular formula is C18H14BrClN2O3. The van der Waals surface area contributed by atoms with Crippen molar-refractivity contribution < 1.29 is 13.9 Å². The number of nitrogens with one attached hydrogen (secondary N) is 1. The van der Waals surface area contributed by atoms with Crippen LogP contribution in [-0.4, -0.2) is 13.0 Å². The standard InChI is InChI=1S/C18H14BrClN2O3/c1-24-16-9-12(21)8-13(19)17(16)22-18(23)15-6-5-14(25-15)10-3-2-4-11(20)7-10/h2-9H,21H2,1H3,(H,22,23). The van der Waals surface area contributed by atoms with E-state index in [-0.39, 0.29) is 5.76 Å². The molecule has 0 atom stereocenters. The highest BCUT2D eigenvalue weighted by Gasteiger charge is 2.17. The molecule has 5 nitrogen and oxygen atoms in total. The lowest BCUT2D eigenvalue weighted by molar-refractivity contribution is 0.0997. The van der Waals surface area contributed by atoms with E-state index in [1.165, 1.54) is 7.11 Å². The van der Waals surface area contributed by atoms with Gasteiger partial charge in [0.05, 0.1) is 12.8 Å². The maximum Gasteiger partial charge on any atom is 0.291 e. The maximum atomic E-state index is 12.5. The van der Waals surface area contributed by atoms with Gasteiger partial charge in [-0.05, 0) is 46.3 Å². The van der Waals surface area contributed by atoms with Gasteiger partial charge in [0.2, 0.25) is 0 Å². The fraction of sp³-hybridized carbons (Fsp3) is 0.0556. The van der Waals surface area contributed by atoms with Crippen molar-refractivity contribution in [2.45, 2.75) is 0 Å². The maximum absolute atomic E-state index is 12.5. The molecule has 3 N–H and O–H groups in total. The van der Waals surface area contributed by atoms with Gasteiger partial charge in [0.1, 0.15) is 11.5 Å². The van der Waals surface area contributed by atoms with Crippen LogP contribution in [0.2, 0.25) is 5.02 Å². The third kappa shape index (κ3) is 3.81. The molecular weight excluding hydrogens is 408 g/mol. The molecule has 1 heterocycles. The molecule has 0 saturated heterocycles. The third-order valence-corrected chi connectivity index (χ3v) is 4.33. The minimum atomic E-state index is -0.406. The van der Waals surface area contributed by atoms with E-state index >= 15 is 0 Å². The predicted molar refractivity (Wildman–Crippen MR) is 102 cm³/mol. The summed E-state index contributed by atoms with van der Waals surface area (Å²) >= 11 is 9.35. The highest BCUT2D eigenvalue weighted by molar-refractivity contribution is 9.10. The predicted octanol–water partition coefficient (Wildman–Crippen LogP) is 5.21. The van der Waals surface area contributed by atoms with Crippen LogP contribution in [0.1, 0.15) is 10.6 Å². The molecule has 1 amide bonds. The SMILES string of the molecule is COc1cc(N)cc(Br)c1NC(=O)c1ccc(-c2cccc(Cl)c2)o1. The number of ether oxygens (including phenoxy) is 1. The first-order valence-corrected chi connectivity index (χ1v) is 8.45. The Hall–Kier alpha value is -2.44. The van der Waals surface area contributed by atoms with Crippen molar-refractivity contribution in [3.63, 3.8) is 0 Å². The van der Waals surface area contributed by atoms with Gasteiger partial charge in [-0.1, -0.05) is 23.7 Å². The Labute approximate surface area is 157 Å². The molecule has 0 spiro atoms. The van der Waals surface area contributed by atoms with Gasteiger partial charge < -0.3 is 20.2 Å². The number of anilines is 2. The number of benzene rings is 2. The van der Waals surface area contributed by atoms with Crippen LogP contribution >= 0.6 is 27.5 Å². The van der Waals surface area contributed by atoms with E-state index in [1.807, 2.05) is 12.1 Å². The molecule has 0 bridgehead atoms. The molecule has 0 saturated carbocycles. The van der Waals surface area contributed by atoms with Crippen molar-refractivity contribution in [1.82, 2.24) is 0 Å². The lowest BCUT2D eigenvalue weighted by Crippen LogP contribution is -2.12. The van der Waals surface area contributed by atoms with Gasteiger partial charge in [0.15, 0.2) is 5.76 Å². The van der Waals surface area contributed by atoms with Crippen LogP contribution in [0.4, 0.5) is 11.4 Å². The molecule has 0 unspecified atom stereocenters. The Morgan fingerprint density at radius 1 is 1.24 bits per heavy atom. The van der Waals surface area contributed by atoms with Crippen LogP contribution in [0.25, 0.3) is 11.3 Å². The number of nitrogens with two attached hydrogens (primary N) is 1. The summed E-state index contributed by atoms with van der Waals surface area (Å²) in [7, 11) is 1.50. The molecule has 3 aromatic rings. The van der Waals surface area contributed by atoms with Gasteiger partial charge in [0, 0.05) is 26.8 Å². The van der Waals surface area contributed by atoms with E-state index in [9.17, 15) is 4.79 Å². The molecule has 25 heavy (non-hydrogen) atoms. The monoisotopic (exact) mass is 420 g/mol.